The van der Waals surface area contributed by atoms with Crippen molar-refractivity contribution in [2.75, 3.05) is 13.6 Å². The first-order valence-corrected chi connectivity index (χ1v) is 5.98. The van der Waals surface area contributed by atoms with E-state index in [4.69, 9.17) is 0 Å². The summed E-state index contributed by atoms with van der Waals surface area (Å²) in [6.07, 6.45) is 0.717. The first-order valence-electron chi connectivity index (χ1n) is 5.06. The zero-order valence-corrected chi connectivity index (χ0v) is 11.3. The number of nitrogens with one attached hydrogen (secondary N) is 1. The van der Waals surface area contributed by atoms with Crippen LogP contribution in [-0.4, -0.2) is 41.2 Å². The van der Waals surface area contributed by atoms with Crippen LogP contribution in [0.4, 0.5) is 0 Å². The second-order valence-corrected chi connectivity index (χ2v) is 4.90. The fourth-order valence-electron chi connectivity index (χ4n) is 1.07. The number of likely N-dealkylation sites (N-methyl/N-ethyl adjacent to an activating group) is 1. The average Bonchev–Trinajstić information content (AvgIpc) is 2.13. The Balaban J connectivity index is 4.07. The van der Waals surface area contributed by atoms with E-state index in [9.17, 15) is 9.59 Å². The van der Waals surface area contributed by atoms with Crippen LogP contribution in [-0.2, 0) is 9.59 Å². The Bertz CT molecular complexity index is 231. The molecular weight excluding hydrogens is 260 g/mol. The molecule has 0 aliphatic carbocycles. The third kappa shape index (κ3) is 5.77. The summed E-state index contributed by atoms with van der Waals surface area (Å²) in [5.74, 6) is -0.187. The van der Waals surface area contributed by atoms with Crippen molar-refractivity contribution >= 4 is 27.7 Å². The molecule has 0 saturated carbocycles. The van der Waals surface area contributed by atoms with Crippen LogP contribution in [0.3, 0.4) is 0 Å². The molecule has 0 saturated heterocycles. The number of rotatable bonds is 5. The number of nitrogens with zero attached hydrogens (tertiary/aromatic N) is 1. The summed E-state index contributed by atoms with van der Waals surface area (Å²) in [4.78, 5) is 24.2. The predicted octanol–water partition coefficient (Wildman–Crippen LogP) is 1.14. The monoisotopic (exact) mass is 278 g/mol. The molecule has 0 aromatic rings. The van der Waals surface area contributed by atoms with E-state index in [1.54, 1.807) is 7.05 Å². The van der Waals surface area contributed by atoms with Gasteiger partial charge < -0.3 is 10.2 Å². The smallest absolute Gasteiger partial charge is 0.239 e. The predicted molar refractivity (Wildman–Crippen MR) is 63.9 cm³/mol. The zero-order valence-electron chi connectivity index (χ0n) is 9.71. The SMILES string of the molecule is CCC(Br)C(=O)N(C)CC(=O)NC(C)C. The summed E-state index contributed by atoms with van der Waals surface area (Å²) in [5, 5.41) is 2.74. The molecule has 88 valence electrons. The van der Waals surface area contributed by atoms with Crippen molar-refractivity contribution in [3.8, 4) is 0 Å². The lowest BCUT2D eigenvalue weighted by atomic mass is 10.3. The molecule has 5 heteroatoms. The van der Waals surface area contributed by atoms with Crippen molar-refractivity contribution in [2.45, 2.75) is 38.1 Å². The van der Waals surface area contributed by atoms with Crippen molar-refractivity contribution in [1.82, 2.24) is 10.2 Å². The van der Waals surface area contributed by atoms with Crippen LogP contribution < -0.4 is 5.32 Å². The van der Waals surface area contributed by atoms with Crippen molar-refractivity contribution in [1.29, 1.82) is 0 Å². The number of amides is 2. The molecule has 1 atom stereocenters. The Morgan fingerprint density at radius 2 is 1.93 bits per heavy atom. The lowest BCUT2D eigenvalue weighted by Gasteiger charge is -2.20. The van der Waals surface area contributed by atoms with Gasteiger partial charge in [-0.05, 0) is 20.3 Å². The lowest BCUT2D eigenvalue weighted by Crippen LogP contribution is -2.43. The minimum atomic E-state index is -0.200. The van der Waals surface area contributed by atoms with E-state index in [0.717, 1.165) is 6.42 Å². The molecule has 0 rings (SSSR count). The van der Waals surface area contributed by atoms with Gasteiger partial charge in [-0.3, -0.25) is 9.59 Å². The van der Waals surface area contributed by atoms with Crippen LogP contribution in [0.25, 0.3) is 0 Å². The molecule has 0 bridgehead atoms. The van der Waals surface area contributed by atoms with Crippen LogP contribution in [0.5, 0.6) is 0 Å². The van der Waals surface area contributed by atoms with Crippen molar-refractivity contribution in [2.24, 2.45) is 0 Å². The van der Waals surface area contributed by atoms with Gasteiger partial charge in [0.15, 0.2) is 0 Å². The van der Waals surface area contributed by atoms with Crippen LogP contribution >= 0.6 is 15.9 Å². The van der Waals surface area contributed by atoms with Gasteiger partial charge in [0.25, 0.3) is 0 Å². The number of hydrogen-bond acceptors (Lipinski definition) is 2. The van der Waals surface area contributed by atoms with Gasteiger partial charge in [-0.2, -0.15) is 0 Å². The minimum Gasteiger partial charge on any atom is -0.352 e. The molecule has 15 heavy (non-hydrogen) atoms. The first-order chi connectivity index (χ1) is 6.88. The van der Waals surface area contributed by atoms with Crippen LogP contribution in [0.1, 0.15) is 27.2 Å². The Kier molecular flexibility index (Phi) is 6.56. The van der Waals surface area contributed by atoms with Gasteiger partial charge in [0.2, 0.25) is 11.8 Å². The zero-order chi connectivity index (χ0) is 12.0. The normalized spacial score (nSPS) is 12.4. The maximum absolute atomic E-state index is 11.6. The van der Waals surface area contributed by atoms with Crippen LogP contribution in [0, 0.1) is 0 Å². The average molecular weight is 279 g/mol. The molecule has 1 unspecified atom stereocenters. The number of alkyl halides is 1. The summed E-state index contributed by atoms with van der Waals surface area (Å²) in [7, 11) is 1.63. The third-order valence-electron chi connectivity index (χ3n) is 1.83. The topological polar surface area (TPSA) is 49.4 Å². The first kappa shape index (κ1) is 14.4. The largest absolute Gasteiger partial charge is 0.352 e. The van der Waals surface area contributed by atoms with Gasteiger partial charge in [0.05, 0.1) is 11.4 Å². The molecule has 0 aromatic carbocycles. The van der Waals surface area contributed by atoms with Gasteiger partial charge in [-0.1, -0.05) is 22.9 Å². The molecule has 4 nitrogen and oxygen atoms in total. The number of carbonyl (C=O) groups excluding carboxylic acids is 2. The van der Waals surface area contributed by atoms with E-state index >= 15 is 0 Å². The summed E-state index contributed by atoms with van der Waals surface area (Å²) in [6, 6.07) is 0.104. The summed E-state index contributed by atoms with van der Waals surface area (Å²) in [5.41, 5.74) is 0. The van der Waals surface area contributed by atoms with Crippen molar-refractivity contribution in [3.63, 3.8) is 0 Å². The van der Waals surface area contributed by atoms with E-state index in [0.29, 0.717) is 0 Å². The number of halogens is 1. The molecule has 0 aliphatic rings. The molecular formula is C10H19BrN2O2. The standard InChI is InChI=1S/C10H19BrN2O2/c1-5-8(11)10(15)13(4)6-9(14)12-7(2)3/h7-8H,5-6H2,1-4H3,(H,12,14). The Morgan fingerprint density at radius 3 is 2.33 bits per heavy atom. The van der Waals surface area contributed by atoms with E-state index in [-0.39, 0.29) is 29.2 Å². The maximum Gasteiger partial charge on any atom is 0.239 e. The van der Waals surface area contributed by atoms with Gasteiger partial charge in [0, 0.05) is 13.1 Å². The highest BCUT2D eigenvalue weighted by Crippen LogP contribution is 2.07. The molecule has 2 amide bonds. The number of hydrogen-bond donors (Lipinski definition) is 1. The van der Waals surface area contributed by atoms with Gasteiger partial charge in [0.1, 0.15) is 0 Å². The van der Waals surface area contributed by atoms with E-state index < -0.39 is 0 Å². The summed E-state index contributed by atoms with van der Waals surface area (Å²) >= 11 is 3.26. The quantitative estimate of drug-likeness (QED) is 0.767. The van der Waals surface area contributed by atoms with Gasteiger partial charge in [-0.25, -0.2) is 0 Å². The Morgan fingerprint density at radius 1 is 1.40 bits per heavy atom. The van der Waals surface area contributed by atoms with Gasteiger partial charge >= 0.3 is 0 Å². The highest BCUT2D eigenvalue weighted by atomic mass is 79.9. The maximum atomic E-state index is 11.6. The fourth-order valence-corrected chi connectivity index (χ4v) is 1.42. The van der Waals surface area contributed by atoms with Gasteiger partial charge in [-0.15, -0.1) is 0 Å². The molecule has 0 aliphatic heterocycles. The molecule has 0 aromatic heterocycles. The fraction of sp³-hybridized carbons (Fsp3) is 0.800. The minimum absolute atomic E-state index is 0.0589. The third-order valence-corrected chi connectivity index (χ3v) is 2.87. The second kappa shape index (κ2) is 6.82. The second-order valence-electron chi connectivity index (χ2n) is 3.79. The molecule has 0 heterocycles. The van der Waals surface area contributed by atoms with Crippen LogP contribution in [0.2, 0.25) is 0 Å². The van der Waals surface area contributed by atoms with E-state index in [1.807, 2.05) is 20.8 Å². The van der Waals surface area contributed by atoms with E-state index in [2.05, 4.69) is 21.2 Å². The Labute approximate surface area is 99.5 Å². The van der Waals surface area contributed by atoms with Crippen molar-refractivity contribution in [3.05, 3.63) is 0 Å². The van der Waals surface area contributed by atoms with E-state index in [1.165, 1.54) is 4.90 Å². The molecule has 0 radical (unpaired) electrons. The summed E-state index contributed by atoms with van der Waals surface area (Å²) < 4.78 is 0. The number of carbonyl (C=O) groups is 2. The van der Waals surface area contributed by atoms with Crippen LogP contribution in [0.15, 0.2) is 0 Å². The molecule has 1 N–H and O–H groups in total. The summed E-state index contributed by atoms with van der Waals surface area (Å²) in [6.45, 7) is 5.80. The molecule has 0 fully saturated rings. The molecule has 0 spiro atoms. The highest BCUT2D eigenvalue weighted by molar-refractivity contribution is 9.10. The highest BCUT2D eigenvalue weighted by Gasteiger charge is 2.19. The van der Waals surface area contributed by atoms with Crippen molar-refractivity contribution < 1.29 is 9.59 Å². The Hall–Kier alpha value is -0.580. The lowest BCUT2D eigenvalue weighted by molar-refractivity contribution is -0.134.